The van der Waals surface area contributed by atoms with Gasteiger partial charge in [0.1, 0.15) is 5.03 Å². The van der Waals surface area contributed by atoms with Gasteiger partial charge in [-0.05, 0) is 37.9 Å². The quantitative estimate of drug-likeness (QED) is 0.412. The largest absolute Gasteiger partial charge is 0.348 e. The van der Waals surface area contributed by atoms with Gasteiger partial charge in [-0.1, -0.05) is 39.0 Å². The molecule has 21 heavy (non-hydrogen) atoms. The standard InChI is InChI=1S/C17H28N2OS/c1-3-4-5-6-7-10-13-21-16-14-11-8-9-12-15(14)19(2)17(20)18-16/h3-13H2,1-2H3. The molecule has 0 aromatic carbocycles. The van der Waals surface area contributed by atoms with Crippen molar-refractivity contribution in [1.82, 2.24) is 9.55 Å². The molecule has 0 radical (unpaired) electrons. The van der Waals surface area contributed by atoms with E-state index in [1.807, 2.05) is 7.05 Å². The van der Waals surface area contributed by atoms with E-state index < -0.39 is 0 Å². The Kier molecular flexibility index (Phi) is 6.81. The van der Waals surface area contributed by atoms with Crippen molar-refractivity contribution in [2.24, 2.45) is 7.05 Å². The van der Waals surface area contributed by atoms with E-state index in [0.29, 0.717) is 0 Å². The molecule has 0 atom stereocenters. The smallest absolute Gasteiger partial charge is 0.299 e. The molecule has 1 heterocycles. The van der Waals surface area contributed by atoms with Crippen molar-refractivity contribution in [1.29, 1.82) is 0 Å². The van der Waals surface area contributed by atoms with Gasteiger partial charge in [-0.3, -0.25) is 4.57 Å². The third kappa shape index (κ3) is 4.60. The second kappa shape index (κ2) is 8.62. The number of rotatable bonds is 8. The van der Waals surface area contributed by atoms with Gasteiger partial charge in [0, 0.05) is 18.3 Å². The van der Waals surface area contributed by atoms with E-state index in [-0.39, 0.29) is 5.69 Å². The molecule has 1 aliphatic rings. The summed E-state index contributed by atoms with van der Waals surface area (Å²) in [6.07, 6.45) is 12.5. The normalized spacial score (nSPS) is 14.2. The van der Waals surface area contributed by atoms with Gasteiger partial charge < -0.3 is 0 Å². The Morgan fingerprint density at radius 2 is 1.81 bits per heavy atom. The summed E-state index contributed by atoms with van der Waals surface area (Å²) in [4.78, 5) is 16.3. The van der Waals surface area contributed by atoms with E-state index in [4.69, 9.17) is 0 Å². The highest BCUT2D eigenvalue weighted by atomic mass is 32.2. The lowest BCUT2D eigenvalue weighted by molar-refractivity contribution is 0.590. The monoisotopic (exact) mass is 308 g/mol. The Balaban J connectivity index is 1.88. The van der Waals surface area contributed by atoms with Crippen LogP contribution in [-0.4, -0.2) is 15.3 Å². The molecular weight excluding hydrogens is 280 g/mol. The molecule has 3 nitrogen and oxygen atoms in total. The lowest BCUT2D eigenvalue weighted by atomic mass is 9.97. The molecule has 0 fully saturated rings. The van der Waals surface area contributed by atoms with Crippen molar-refractivity contribution in [2.45, 2.75) is 76.2 Å². The van der Waals surface area contributed by atoms with Crippen LogP contribution in [0.5, 0.6) is 0 Å². The minimum Gasteiger partial charge on any atom is -0.299 e. The van der Waals surface area contributed by atoms with Crippen LogP contribution >= 0.6 is 11.8 Å². The molecule has 1 aliphatic carbocycles. The van der Waals surface area contributed by atoms with Crippen molar-refractivity contribution in [3.8, 4) is 0 Å². The summed E-state index contributed by atoms with van der Waals surface area (Å²) in [5.74, 6) is 1.10. The highest BCUT2D eigenvalue weighted by molar-refractivity contribution is 7.99. The maximum absolute atomic E-state index is 12.0. The van der Waals surface area contributed by atoms with Crippen LogP contribution < -0.4 is 5.69 Å². The van der Waals surface area contributed by atoms with Crippen LogP contribution in [0.25, 0.3) is 0 Å². The molecule has 0 aliphatic heterocycles. The number of hydrogen-bond acceptors (Lipinski definition) is 3. The van der Waals surface area contributed by atoms with Gasteiger partial charge in [-0.25, -0.2) is 4.79 Å². The number of thioether (sulfide) groups is 1. The van der Waals surface area contributed by atoms with Crippen molar-refractivity contribution in [2.75, 3.05) is 5.75 Å². The number of fused-ring (bicyclic) bond motifs is 1. The topological polar surface area (TPSA) is 34.9 Å². The molecule has 0 spiro atoms. The van der Waals surface area contributed by atoms with E-state index >= 15 is 0 Å². The second-order valence-electron chi connectivity index (χ2n) is 6.01. The maximum atomic E-state index is 12.0. The molecule has 0 unspecified atom stereocenters. The van der Waals surface area contributed by atoms with Crippen molar-refractivity contribution < 1.29 is 0 Å². The Labute approximate surface area is 132 Å². The molecule has 2 rings (SSSR count). The highest BCUT2D eigenvalue weighted by Crippen LogP contribution is 2.28. The number of unbranched alkanes of at least 4 members (excludes halogenated alkanes) is 5. The van der Waals surface area contributed by atoms with Gasteiger partial charge in [-0.2, -0.15) is 4.98 Å². The zero-order valence-corrected chi connectivity index (χ0v) is 14.3. The third-order valence-corrected chi connectivity index (χ3v) is 5.43. The molecule has 118 valence electrons. The Morgan fingerprint density at radius 1 is 1.10 bits per heavy atom. The first-order chi connectivity index (χ1) is 10.2. The first kappa shape index (κ1) is 16.6. The molecule has 1 aromatic rings. The number of hydrogen-bond donors (Lipinski definition) is 0. The van der Waals surface area contributed by atoms with Crippen LogP contribution in [0.3, 0.4) is 0 Å². The Bertz CT molecular complexity index is 510. The van der Waals surface area contributed by atoms with Gasteiger partial charge >= 0.3 is 5.69 Å². The lowest BCUT2D eigenvalue weighted by Crippen LogP contribution is -2.27. The van der Waals surface area contributed by atoms with E-state index in [1.165, 1.54) is 62.6 Å². The fourth-order valence-electron chi connectivity index (χ4n) is 3.01. The molecule has 0 bridgehead atoms. The van der Waals surface area contributed by atoms with Crippen LogP contribution in [0.15, 0.2) is 9.82 Å². The summed E-state index contributed by atoms with van der Waals surface area (Å²) >= 11 is 1.80. The minimum atomic E-state index is -0.0823. The number of nitrogens with zero attached hydrogens (tertiary/aromatic N) is 2. The highest BCUT2D eigenvalue weighted by Gasteiger charge is 2.18. The predicted octanol–water partition coefficient (Wildman–Crippen LogP) is 4.11. The molecule has 0 amide bonds. The minimum absolute atomic E-state index is 0.0823. The van der Waals surface area contributed by atoms with Crippen LogP contribution in [-0.2, 0) is 19.9 Å². The maximum Gasteiger partial charge on any atom is 0.348 e. The van der Waals surface area contributed by atoms with Gasteiger partial charge in [0.05, 0.1) is 0 Å². The molecule has 0 saturated heterocycles. The van der Waals surface area contributed by atoms with E-state index in [1.54, 1.807) is 16.3 Å². The molecule has 1 aromatic heterocycles. The second-order valence-corrected chi connectivity index (χ2v) is 7.09. The van der Waals surface area contributed by atoms with E-state index in [0.717, 1.165) is 23.6 Å². The summed E-state index contributed by atoms with van der Waals surface area (Å²) < 4.78 is 1.75. The summed E-state index contributed by atoms with van der Waals surface area (Å²) in [5.41, 5.74) is 2.49. The predicted molar refractivity (Wildman–Crippen MR) is 90.2 cm³/mol. The van der Waals surface area contributed by atoms with Gasteiger partial charge in [0.2, 0.25) is 0 Å². The zero-order chi connectivity index (χ0) is 15.1. The summed E-state index contributed by atoms with van der Waals surface area (Å²) in [5, 5.41) is 1.02. The lowest BCUT2D eigenvalue weighted by Gasteiger charge is -2.20. The Morgan fingerprint density at radius 3 is 2.62 bits per heavy atom. The van der Waals surface area contributed by atoms with Gasteiger partial charge in [0.15, 0.2) is 0 Å². The molecule has 0 N–H and O–H groups in total. The van der Waals surface area contributed by atoms with E-state index in [2.05, 4.69) is 11.9 Å². The SMILES string of the molecule is CCCCCCCCSc1nc(=O)n(C)c2c1CCCC2. The summed E-state index contributed by atoms with van der Waals surface area (Å²) in [7, 11) is 1.86. The van der Waals surface area contributed by atoms with E-state index in [9.17, 15) is 4.79 Å². The summed E-state index contributed by atoms with van der Waals surface area (Å²) in [6.45, 7) is 2.25. The molecule has 0 saturated carbocycles. The first-order valence-electron chi connectivity index (χ1n) is 8.45. The van der Waals surface area contributed by atoms with Crippen LogP contribution in [0, 0.1) is 0 Å². The fourth-order valence-corrected chi connectivity index (χ4v) is 4.08. The van der Waals surface area contributed by atoms with Crippen LogP contribution in [0.4, 0.5) is 0 Å². The van der Waals surface area contributed by atoms with Crippen molar-refractivity contribution >= 4 is 11.8 Å². The third-order valence-electron chi connectivity index (χ3n) is 4.32. The molecular formula is C17H28N2OS. The van der Waals surface area contributed by atoms with Crippen molar-refractivity contribution in [3.63, 3.8) is 0 Å². The van der Waals surface area contributed by atoms with Crippen LogP contribution in [0.1, 0.15) is 69.5 Å². The Hall–Kier alpha value is -0.770. The average molecular weight is 308 g/mol. The van der Waals surface area contributed by atoms with Crippen molar-refractivity contribution in [3.05, 3.63) is 21.7 Å². The van der Waals surface area contributed by atoms with Gasteiger partial charge in [0.25, 0.3) is 0 Å². The van der Waals surface area contributed by atoms with Gasteiger partial charge in [-0.15, -0.1) is 11.8 Å². The summed E-state index contributed by atoms with van der Waals surface area (Å²) in [6, 6.07) is 0. The first-order valence-corrected chi connectivity index (χ1v) is 9.44. The average Bonchev–Trinajstić information content (AvgIpc) is 2.51. The molecule has 4 heteroatoms. The van der Waals surface area contributed by atoms with Crippen LogP contribution in [0.2, 0.25) is 0 Å². The zero-order valence-electron chi connectivity index (χ0n) is 13.5. The number of aromatic nitrogens is 2. The fraction of sp³-hybridized carbons (Fsp3) is 0.765.